The van der Waals surface area contributed by atoms with Crippen LogP contribution in [0.4, 0.5) is 0 Å². The molecule has 1 aromatic rings. The lowest BCUT2D eigenvalue weighted by molar-refractivity contribution is 0.159. The Morgan fingerprint density at radius 3 is 2.62 bits per heavy atom. The molecule has 0 heterocycles. The lowest BCUT2D eigenvalue weighted by atomic mass is 9.86. The van der Waals surface area contributed by atoms with E-state index in [1.807, 2.05) is 18.2 Å². The maximum atomic E-state index is 9.51. The molecule has 0 bridgehead atoms. The number of benzene rings is 1. The summed E-state index contributed by atoms with van der Waals surface area (Å²) in [6, 6.07) is 8.07. The summed E-state index contributed by atoms with van der Waals surface area (Å²) in [5.41, 5.74) is 1.17. The molecule has 1 aromatic carbocycles. The lowest BCUT2D eigenvalue weighted by Crippen LogP contribution is -2.16. The van der Waals surface area contributed by atoms with Crippen molar-refractivity contribution in [2.24, 2.45) is 5.92 Å². The normalized spacial score (nSPS) is 14.8. The van der Waals surface area contributed by atoms with E-state index in [0.29, 0.717) is 5.92 Å². The third-order valence-electron chi connectivity index (χ3n) is 2.97. The third kappa shape index (κ3) is 3.58. The van der Waals surface area contributed by atoms with Gasteiger partial charge in [0, 0.05) is 24.1 Å². The maximum Gasteiger partial charge on any atom is 0.0502 e. The molecule has 0 radical (unpaired) electrons. The minimum atomic E-state index is 0.172. The average molecular weight is 287 g/mol. The molecule has 0 aliphatic carbocycles. The fraction of sp³-hybridized carbons (Fsp3) is 0.538. The quantitative estimate of drug-likeness (QED) is 0.870. The van der Waals surface area contributed by atoms with E-state index in [4.69, 9.17) is 4.74 Å². The Bertz CT molecular complexity index is 315. The van der Waals surface area contributed by atoms with Crippen LogP contribution in [0.5, 0.6) is 0 Å². The van der Waals surface area contributed by atoms with Crippen molar-refractivity contribution >= 4 is 15.9 Å². The highest BCUT2D eigenvalue weighted by Gasteiger charge is 2.20. The molecule has 3 heteroatoms. The molecular weight excluding hydrogens is 268 g/mol. The standard InChI is InChI=1S/C13H19BrO2/c1-10(7-8-16-2)12(9-15)11-5-3-4-6-13(11)14/h3-6,10,12,15H,7-9H2,1-2H3. The highest BCUT2D eigenvalue weighted by Crippen LogP contribution is 2.31. The van der Waals surface area contributed by atoms with Crippen LogP contribution in [0.2, 0.25) is 0 Å². The number of methoxy groups -OCH3 is 1. The molecule has 0 spiro atoms. The van der Waals surface area contributed by atoms with Gasteiger partial charge in [-0.2, -0.15) is 0 Å². The fourth-order valence-corrected chi connectivity index (χ4v) is 2.44. The van der Waals surface area contributed by atoms with Gasteiger partial charge in [-0.25, -0.2) is 0 Å². The Morgan fingerprint density at radius 2 is 2.06 bits per heavy atom. The highest BCUT2D eigenvalue weighted by molar-refractivity contribution is 9.10. The molecule has 0 fully saturated rings. The fourth-order valence-electron chi connectivity index (χ4n) is 1.87. The van der Waals surface area contributed by atoms with E-state index < -0.39 is 0 Å². The summed E-state index contributed by atoms with van der Waals surface area (Å²) in [7, 11) is 1.71. The first-order chi connectivity index (χ1) is 7.70. The van der Waals surface area contributed by atoms with Gasteiger partial charge in [0.05, 0.1) is 6.61 Å². The zero-order valence-corrected chi connectivity index (χ0v) is 11.4. The van der Waals surface area contributed by atoms with Gasteiger partial charge in [-0.05, 0) is 24.0 Å². The summed E-state index contributed by atoms with van der Waals surface area (Å²) in [4.78, 5) is 0. The van der Waals surface area contributed by atoms with Gasteiger partial charge < -0.3 is 9.84 Å². The Kier molecular flexibility index (Phi) is 6.03. The van der Waals surface area contributed by atoms with Crippen LogP contribution in [0.1, 0.15) is 24.8 Å². The van der Waals surface area contributed by atoms with E-state index in [-0.39, 0.29) is 12.5 Å². The van der Waals surface area contributed by atoms with Gasteiger partial charge in [0.1, 0.15) is 0 Å². The van der Waals surface area contributed by atoms with Crippen LogP contribution in [-0.4, -0.2) is 25.4 Å². The number of rotatable bonds is 6. The van der Waals surface area contributed by atoms with Gasteiger partial charge in [0.2, 0.25) is 0 Å². The molecular formula is C13H19BrO2. The van der Waals surface area contributed by atoms with Gasteiger partial charge in [-0.1, -0.05) is 41.1 Å². The predicted molar refractivity (Wildman–Crippen MR) is 69.6 cm³/mol. The van der Waals surface area contributed by atoms with Crippen molar-refractivity contribution in [3.63, 3.8) is 0 Å². The summed E-state index contributed by atoms with van der Waals surface area (Å²) in [6.07, 6.45) is 0.961. The second kappa shape index (κ2) is 7.05. The van der Waals surface area contributed by atoms with Crippen LogP contribution in [0.25, 0.3) is 0 Å². The molecule has 1 rings (SSSR count). The Balaban J connectivity index is 2.77. The van der Waals surface area contributed by atoms with Gasteiger partial charge in [0.25, 0.3) is 0 Å². The van der Waals surface area contributed by atoms with E-state index >= 15 is 0 Å². The maximum absolute atomic E-state index is 9.51. The van der Waals surface area contributed by atoms with Crippen LogP contribution >= 0.6 is 15.9 Å². The Morgan fingerprint density at radius 1 is 1.38 bits per heavy atom. The summed E-state index contributed by atoms with van der Waals surface area (Å²) in [5.74, 6) is 0.578. The van der Waals surface area contributed by atoms with Gasteiger partial charge in [-0.15, -0.1) is 0 Å². The molecule has 16 heavy (non-hydrogen) atoms. The van der Waals surface area contributed by atoms with Crippen LogP contribution in [-0.2, 0) is 4.74 Å². The van der Waals surface area contributed by atoms with Crippen molar-refractivity contribution in [1.82, 2.24) is 0 Å². The van der Waals surface area contributed by atoms with Crippen molar-refractivity contribution in [3.05, 3.63) is 34.3 Å². The lowest BCUT2D eigenvalue weighted by Gasteiger charge is -2.23. The molecule has 0 aliphatic rings. The minimum Gasteiger partial charge on any atom is -0.396 e. The monoisotopic (exact) mass is 286 g/mol. The predicted octanol–water partition coefficient (Wildman–Crippen LogP) is 3.20. The molecule has 2 unspecified atom stereocenters. The number of hydrogen-bond donors (Lipinski definition) is 1. The van der Waals surface area contributed by atoms with Crippen molar-refractivity contribution in [2.45, 2.75) is 19.3 Å². The number of aliphatic hydroxyl groups is 1. The van der Waals surface area contributed by atoms with Gasteiger partial charge >= 0.3 is 0 Å². The zero-order chi connectivity index (χ0) is 12.0. The topological polar surface area (TPSA) is 29.5 Å². The molecule has 2 nitrogen and oxygen atoms in total. The van der Waals surface area contributed by atoms with Crippen LogP contribution < -0.4 is 0 Å². The van der Waals surface area contributed by atoms with Gasteiger partial charge in [0.15, 0.2) is 0 Å². The van der Waals surface area contributed by atoms with Crippen LogP contribution in [0, 0.1) is 5.92 Å². The molecule has 0 aliphatic heterocycles. The Hall–Kier alpha value is -0.380. The highest BCUT2D eigenvalue weighted by atomic mass is 79.9. The largest absolute Gasteiger partial charge is 0.396 e. The molecule has 0 amide bonds. The summed E-state index contributed by atoms with van der Waals surface area (Å²) in [6.45, 7) is 3.06. The summed E-state index contributed by atoms with van der Waals surface area (Å²) < 4.78 is 6.15. The number of hydrogen-bond acceptors (Lipinski definition) is 2. The SMILES string of the molecule is COCCC(C)C(CO)c1ccccc1Br. The van der Waals surface area contributed by atoms with Crippen LogP contribution in [0.3, 0.4) is 0 Å². The second-order valence-electron chi connectivity index (χ2n) is 4.07. The van der Waals surface area contributed by atoms with Gasteiger partial charge in [-0.3, -0.25) is 0 Å². The molecule has 0 saturated carbocycles. The molecule has 1 N–H and O–H groups in total. The van der Waals surface area contributed by atoms with Crippen molar-refractivity contribution in [1.29, 1.82) is 0 Å². The molecule has 0 aromatic heterocycles. The van der Waals surface area contributed by atoms with E-state index in [2.05, 4.69) is 28.9 Å². The smallest absolute Gasteiger partial charge is 0.0502 e. The van der Waals surface area contributed by atoms with Crippen molar-refractivity contribution in [2.75, 3.05) is 20.3 Å². The van der Waals surface area contributed by atoms with Crippen molar-refractivity contribution in [3.8, 4) is 0 Å². The number of aliphatic hydroxyl groups excluding tert-OH is 1. The third-order valence-corrected chi connectivity index (χ3v) is 3.69. The molecule has 0 saturated heterocycles. The zero-order valence-electron chi connectivity index (χ0n) is 9.82. The average Bonchev–Trinajstić information content (AvgIpc) is 2.30. The summed E-state index contributed by atoms with van der Waals surface area (Å²) >= 11 is 3.53. The van der Waals surface area contributed by atoms with E-state index in [0.717, 1.165) is 17.5 Å². The number of ether oxygens (including phenoxy) is 1. The number of halogens is 1. The van der Waals surface area contributed by atoms with E-state index in [1.165, 1.54) is 5.56 Å². The van der Waals surface area contributed by atoms with E-state index in [1.54, 1.807) is 7.11 Å². The second-order valence-corrected chi connectivity index (χ2v) is 4.92. The molecule has 2 atom stereocenters. The summed E-state index contributed by atoms with van der Waals surface area (Å²) in [5, 5.41) is 9.51. The Labute approximate surface area is 106 Å². The first kappa shape index (κ1) is 13.7. The van der Waals surface area contributed by atoms with Crippen molar-refractivity contribution < 1.29 is 9.84 Å². The first-order valence-electron chi connectivity index (χ1n) is 5.55. The van der Waals surface area contributed by atoms with Crippen LogP contribution in [0.15, 0.2) is 28.7 Å². The molecule has 90 valence electrons. The first-order valence-corrected chi connectivity index (χ1v) is 6.34. The van der Waals surface area contributed by atoms with E-state index in [9.17, 15) is 5.11 Å². The minimum absolute atomic E-state index is 0.172.